The highest BCUT2D eigenvalue weighted by atomic mass is 79.9. The van der Waals surface area contributed by atoms with Crippen LogP contribution in [0.2, 0.25) is 0 Å². The summed E-state index contributed by atoms with van der Waals surface area (Å²) >= 11 is 3.24. The van der Waals surface area contributed by atoms with Gasteiger partial charge in [-0.05, 0) is 36.4 Å². The molecule has 9 heteroatoms. The van der Waals surface area contributed by atoms with Crippen molar-refractivity contribution in [3.8, 4) is 0 Å². The zero-order valence-corrected chi connectivity index (χ0v) is 13.2. The van der Waals surface area contributed by atoms with E-state index < -0.39 is 16.7 Å². The van der Waals surface area contributed by atoms with Crippen LogP contribution in [0.1, 0.15) is 20.7 Å². The molecule has 0 unspecified atom stereocenters. The summed E-state index contributed by atoms with van der Waals surface area (Å²) in [5.74, 6) is -1.21. The highest BCUT2D eigenvalue weighted by Gasteiger charge is 2.16. The predicted molar refractivity (Wildman–Crippen MR) is 86.6 cm³/mol. The second kappa shape index (κ2) is 6.88. The van der Waals surface area contributed by atoms with Gasteiger partial charge in [-0.15, -0.1) is 0 Å². The molecule has 0 aliphatic heterocycles. The maximum atomic E-state index is 11.9. The van der Waals surface area contributed by atoms with Crippen LogP contribution in [0.5, 0.6) is 0 Å². The van der Waals surface area contributed by atoms with Gasteiger partial charge in [-0.1, -0.05) is 15.9 Å². The van der Waals surface area contributed by atoms with E-state index in [0.29, 0.717) is 5.56 Å². The Morgan fingerprint density at radius 1 is 1.00 bits per heavy atom. The number of amides is 2. The topological polar surface area (TPSA) is 127 Å². The number of nitro groups is 1. The van der Waals surface area contributed by atoms with E-state index in [0.717, 1.165) is 10.5 Å². The van der Waals surface area contributed by atoms with Gasteiger partial charge in [-0.25, -0.2) is 0 Å². The van der Waals surface area contributed by atoms with Crippen molar-refractivity contribution in [1.82, 2.24) is 10.9 Å². The molecule has 0 fully saturated rings. The zero-order valence-electron chi connectivity index (χ0n) is 11.6. The summed E-state index contributed by atoms with van der Waals surface area (Å²) in [5, 5.41) is 10.8. The molecule has 0 aliphatic carbocycles. The number of carbonyl (C=O) groups excluding carboxylic acids is 2. The second-order valence-electron chi connectivity index (χ2n) is 4.45. The number of nitro benzene ring substituents is 1. The first-order valence-electron chi connectivity index (χ1n) is 6.28. The highest BCUT2D eigenvalue weighted by molar-refractivity contribution is 9.10. The lowest BCUT2D eigenvalue weighted by Gasteiger charge is -2.08. The third-order valence-corrected chi connectivity index (χ3v) is 3.41. The van der Waals surface area contributed by atoms with Gasteiger partial charge >= 0.3 is 0 Å². The van der Waals surface area contributed by atoms with Crippen molar-refractivity contribution in [3.05, 3.63) is 68.2 Å². The number of hydrogen-bond donors (Lipinski definition) is 3. The van der Waals surface area contributed by atoms with Crippen LogP contribution >= 0.6 is 15.9 Å². The molecule has 2 aromatic carbocycles. The van der Waals surface area contributed by atoms with Gasteiger partial charge < -0.3 is 5.73 Å². The van der Waals surface area contributed by atoms with Crippen LogP contribution in [-0.4, -0.2) is 16.7 Å². The molecule has 23 heavy (non-hydrogen) atoms. The van der Waals surface area contributed by atoms with E-state index in [2.05, 4.69) is 26.8 Å². The van der Waals surface area contributed by atoms with Crippen LogP contribution in [0.25, 0.3) is 0 Å². The van der Waals surface area contributed by atoms with Gasteiger partial charge in [0, 0.05) is 21.7 Å². The lowest BCUT2D eigenvalue weighted by molar-refractivity contribution is -0.383. The van der Waals surface area contributed by atoms with Crippen LogP contribution in [0, 0.1) is 10.1 Å². The van der Waals surface area contributed by atoms with Crippen molar-refractivity contribution in [2.45, 2.75) is 0 Å². The molecule has 0 saturated heterocycles. The largest absolute Gasteiger partial charge is 0.393 e. The lowest BCUT2D eigenvalue weighted by Crippen LogP contribution is -2.41. The van der Waals surface area contributed by atoms with Gasteiger partial charge in [0.2, 0.25) is 0 Å². The third kappa shape index (κ3) is 4.04. The Kier molecular flexibility index (Phi) is 4.91. The SMILES string of the molecule is Nc1ccc(C(=O)NNC(=O)c2ccc(Br)cc2)cc1[N+](=O)[O-]. The summed E-state index contributed by atoms with van der Waals surface area (Å²) in [7, 11) is 0. The number of hydrogen-bond acceptors (Lipinski definition) is 5. The quantitative estimate of drug-likeness (QED) is 0.427. The number of rotatable bonds is 3. The monoisotopic (exact) mass is 378 g/mol. The number of nitrogen functional groups attached to an aromatic ring is 1. The highest BCUT2D eigenvalue weighted by Crippen LogP contribution is 2.22. The molecule has 0 atom stereocenters. The molecule has 0 aliphatic rings. The Balaban J connectivity index is 2.05. The van der Waals surface area contributed by atoms with Gasteiger partial charge in [0.05, 0.1) is 4.92 Å². The van der Waals surface area contributed by atoms with Gasteiger partial charge in [-0.3, -0.25) is 30.6 Å². The first-order valence-corrected chi connectivity index (χ1v) is 7.08. The Morgan fingerprint density at radius 2 is 1.52 bits per heavy atom. The Hall–Kier alpha value is -2.94. The Labute approximate surface area is 138 Å². The summed E-state index contributed by atoms with van der Waals surface area (Å²) in [5.41, 5.74) is 9.78. The van der Waals surface area contributed by atoms with Crippen molar-refractivity contribution in [2.75, 3.05) is 5.73 Å². The average Bonchev–Trinajstić information content (AvgIpc) is 2.53. The zero-order chi connectivity index (χ0) is 17.0. The number of nitrogens with zero attached hydrogens (tertiary/aromatic N) is 1. The van der Waals surface area contributed by atoms with Gasteiger partial charge in [0.15, 0.2) is 0 Å². The van der Waals surface area contributed by atoms with E-state index in [4.69, 9.17) is 5.73 Å². The minimum atomic E-state index is -0.696. The molecule has 0 bridgehead atoms. The van der Waals surface area contributed by atoms with E-state index in [9.17, 15) is 19.7 Å². The number of anilines is 1. The smallest absolute Gasteiger partial charge is 0.292 e. The molecule has 0 spiro atoms. The number of hydrazine groups is 1. The Morgan fingerprint density at radius 3 is 2.09 bits per heavy atom. The minimum absolute atomic E-state index is 0.00186. The maximum Gasteiger partial charge on any atom is 0.292 e. The molecule has 2 aromatic rings. The van der Waals surface area contributed by atoms with Gasteiger partial charge in [0.1, 0.15) is 5.69 Å². The normalized spacial score (nSPS) is 9.96. The van der Waals surface area contributed by atoms with Crippen molar-refractivity contribution in [3.63, 3.8) is 0 Å². The first kappa shape index (κ1) is 16.4. The van der Waals surface area contributed by atoms with Gasteiger partial charge in [-0.2, -0.15) is 0 Å². The molecule has 2 rings (SSSR count). The summed E-state index contributed by atoms with van der Waals surface area (Å²) in [4.78, 5) is 33.9. The summed E-state index contributed by atoms with van der Waals surface area (Å²) < 4.78 is 0.812. The molecule has 0 saturated carbocycles. The molecule has 2 amide bonds. The second-order valence-corrected chi connectivity index (χ2v) is 5.36. The van der Waals surface area contributed by atoms with Crippen LogP contribution in [0.4, 0.5) is 11.4 Å². The van der Waals surface area contributed by atoms with Crippen LogP contribution < -0.4 is 16.6 Å². The molecule has 0 radical (unpaired) electrons. The number of nitrogens with one attached hydrogen (secondary N) is 2. The number of nitrogens with two attached hydrogens (primary N) is 1. The van der Waals surface area contributed by atoms with Crippen LogP contribution in [0.15, 0.2) is 46.9 Å². The van der Waals surface area contributed by atoms with E-state index in [1.807, 2.05) is 0 Å². The van der Waals surface area contributed by atoms with E-state index >= 15 is 0 Å². The number of benzene rings is 2. The van der Waals surface area contributed by atoms with E-state index in [-0.39, 0.29) is 16.9 Å². The summed E-state index contributed by atoms with van der Waals surface area (Å²) in [6.45, 7) is 0. The summed E-state index contributed by atoms with van der Waals surface area (Å²) in [6, 6.07) is 10.1. The number of halogens is 1. The fourth-order valence-corrected chi connectivity index (χ4v) is 1.97. The standard InChI is InChI=1S/C14H11BrN4O4/c15-10-4-1-8(2-5-10)13(20)17-18-14(21)9-3-6-11(16)12(7-9)19(22)23/h1-7H,16H2,(H,17,20)(H,18,21). The van der Waals surface area contributed by atoms with Crippen molar-refractivity contribution < 1.29 is 14.5 Å². The molecule has 118 valence electrons. The fourth-order valence-electron chi connectivity index (χ4n) is 1.70. The average molecular weight is 379 g/mol. The van der Waals surface area contributed by atoms with Gasteiger partial charge in [0.25, 0.3) is 17.5 Å². The number of carbonyl (C=O) groups is 2. The van der Waals surface area contributed by atoms with Crippen molar-refractivity contribution in [1.29, 1.82) is 0 Å². The van der Waals surface area contributed by atoms with Crippen LogP contribution in [-0.2, 0) is 0 Å². The van der Waals surface area contributed by atoms with Crippen molar-refractivity contribution in [2.24, 2.45) is 0 Å². The minimum Gasteiger partial charge on any atom is -0.393 e. The van der Waals surface area contributed by atoms with E-state index in [1.165, 1.54) is 12.1 Å². The van der Waals surface area contributed by atoms with E-state index in [1.54, 1.807) is 24.3 Å². The fraction of sp³-hybridized carbons (Fsp3) is 0. The summed E-state index contributed by atoms with van der Waals surface area (Å²) in [6.07, 6.45) is 0. The molecule has 8 nitrogen and oxygen atoms in total. The Bertz CT molecular complexity index is 777. The van der Waals surface area contributed by atoms with Crippen molar-refractivity contribution >= 4 is 39.1 Å². The lowest BCUT2D eigenvalue weighted by atomic mass is 10.1. The molecule has 0 heterocycles. The molecule has 0 aromatic heterocycles. The van der Waals surface area contributed by atoms with Crippen LogP contribution in [0.3, 0.4) is 0 Å². The molecular formula is C14H11BrN4O4. The third-order valence-electron chi connectivity index (χ3n) is 2.89. The predicted octanol–water partition coefficient (Wildman–Crippen LogP) is 2.01. The molecular weight excluding hydrogens is 368 g/mol. The maximum absolute atomic E-state index is 11.9. The molecule has 4 N–H and O–H groups in total. The first-order chi connectivity index (χ1) is 10.9.